The van der Waals surface area contributed by atoms with Crippen molar-refractivity contribution in [2.24, 2.45) is 0 Å². The maximum atomic E-state index is 4.49. The smallest absolute Gasteiger partial charge is 0.0809 e. The quantitative estimate of drug-likeness (QED) is 0.781. The molecule has 0 saturated carbocycles. The van der Waals surface area contributed by atoms with Crippen LogP contribution in [0.4, 0.5) is 0 Å². The molecule has 0 aromatic carbocycles. The van der Waals surface area contributed by atoms with Crippen LogP contribution in [-0.2, 0) is 0 Å². The number of hydrogen-bond acceptors (Lipinski definition) is 4. The molecule has 0 saturated heterocycles. The first-order valence-corrected chi connectivity index (χ1v) is 6.67. The van der Waals surface area contributed by atoms with E-state index in [1.54, 1.807) is 17.5 Å². The fourth-order valence-corrected chi connectivity index (χ4v) is 2.88. The highest BCUT2D eigenvalue weighted by Crippen LogP contribution is 2.25. The first-order valence-electron chi connectivity index (χ1n) is 5.79. The summed E-state index contributed by atoms with van der Waals surface area (Å²) in [5.41, 5.74) is 3.38. The molecule has 0 aliphatic heterocycles. The molecule has 0 aliphatic rings. The van der Waals surface area contributed by atoms with Crippen molar-refractivity contribution >= 4 is 21.6 Å². The second-order valence-electron chi connectivity index (χ2n) is 4.08. The van der Waals surface area contributed by atoms with Crippen molar-refractivity contribution in [2.75, 3.05) is 7.05 Å². The van der Waals surface area contributed by atoms with Gasteiger partial charge in [-0.2, -0.15) is 0 Å². The number of nitrogens with zero attached hydrogens (tertiary/aromatic N) is 2. The van der Waals surface area contributed by atoms with Gasteiger partial charge in [-0.15, -0.1) is 11.3 Å². The standard InChI is InChI=1S/C14H13N3S/c1-15-14(10-3-2-5-16-8-10)11-7-13-12(17-9-11)4-6-18-13/h2-9,14-15H,1H3. The predicted octanol–water partition coefficient (Wildman–Crippen LogP) is 3.00. The minimum absolute atomic E-state index is 0.137. The van der Waals surface area contributed by atoms with Gasteiger partial charge in [-0.3, -0.25) is 9.97 Å². The highest BCUT2D eigenvalue weighted by molar-refractivity contribution is 7.17. The summed E-state index contributed by atoms with van der Waals surface area (Å²) >= 11 is 1.72. The summed E-state index contributed by atoms with van der Waals surface area (Å²) in [5, 5.41) is 5.39. The summed E-state index contributed by atoms with van der Waals surface area (Å²) < 4.78 is 1.22. The molecular weight excluding hydrogens is 242 g/mol. The molecule has 1 atom stereocenters. The lowest BCUT2D eigenvalue weighted by Crippen LogP contribution is -2.17. The van der Waals surface area contributed by atoms with Crippen molar-refractivity contribution in [1.82, 2.24) is 15.3 Å². The van der Waals surface area contributed by atoms with E-state index in [0.717, 1.165) is 11.1 Å². The minimum Gasteiger partial charge on any atom is -0.309 e. The third-order valence-electron chi connectivity index (χ3n) is 2.96. The van der Waals surface area contributed by atoms with E-state index in [9.17, 15) is 0 Å². The average Bonchev–Trinajstić information content (AvgIpc) is 2.88. The van der Waals surface area contributed by atoms with E-state index in [1.165, 1.54) is 10.3 Å². The molecule has 0 bridgehead atoms. The molecule has 1 N–H and O–H groups in total. The van der Waals surface area contributed by atoms with Gasteiger partial charge >= 0.3 is 0 Å². The fourth-order valence-electron chi connectivity index (χ4n) is 2.09. The zero-order chi connectivity index (χ0) is 12.4. The number of hydrogen-bond donors (Lipinski definition) is 1. The number of aromatic nitrogens is 2. The zero-order valence-corrected chi connectivity index (χ0v) is 10.8. The fraction of sp³-hybridized carbons (Fsp3) is 0.143. The van der Waals surface area contributed by atoms with E-state index in [1.807, 2.05) is 31.6 Å². The van der Waals surface area contributed by atoms with Crippen molar-refractivity contribution in [1.29, 1.82) is 0 Å². The normalized spacial score (nSPS) is 12.7. The van der Waals surface area contributed by atoms with Crippen molar-refractivity contribution in [3.8, 4) is 0 Å². The van der Waals surface area contributed by atoms with Crippen LogP contribution < -0.4 is 5.32 Å². The van der Waals surface area contributed by atoms with Crippen LogP contribution in [0.25, 0.3) is 10.2 Å². The van der Waals surface area contributed by atoms with E-state index in [4.69, 9.17) is 0 Å². The van der Waals surface area contributed by atoms with Crippen molar-refractivity contribution < 1.29 is 0 Å². The molecule has 3 aromatic rings. The van der Waals surface area contributed by atoms with Crippen molar-refractivity contribution in [3.63, 3.8) is 0 Å². The maximum absolute atomic E-state index is 4.49. The van der Waals surface area contributed by atoms with Crippen molar-refractivity contribution in [2.45, 2.75) is 6.04 Å². The van der Waals surface area contributed by atoms with Gasteiger partial charge in [0.1, 0.15) is 0 Å². The van der Waals surface area contributed by atoms with Crippen molar-refractivity contribution in [3.05, 3.63) is 59.4 Å². The Bertz CT molecular complexity index is 648. The molecule has 3 nitrogen and oxygen atoms in total. The second-order valence-corrected chi connectivity index (χ2v) is 5.03. The van der Waals surface area contributed by atoms with Crippen LogP contribution in [0.2, 0.25) is 0 Å². The summed E-state index contributed by atoms with van der Waals surface area (Å²) in [6.45, 7) is 0. The van der Waals surface area contributed by atoms with Crippen LogP contribution in [0.1, 0.15) is 17.2 Å². The number of fused-ring (bicyclic) bond motifs is 1. The molecule has 0 amide bonds. The molecule has 4 heteroatoms. The monoisotopic (exact) mass is 255 g/mol. The van der Waals surface area contributed by atoms with Gasteiger partial charge in [-0.25, -0.2) is 0 Å². The van der Waals surface area contributed by atoms with E-state index >= 15 is 0 Å². The first-order chi connectivity index (χ1) is 8.88. The molecule has 0 spiro atoms. The molecular formula is C14H13N3S. The Morgan fingerprint density at radius 3 is 2.94 bits per heavy atom. The van der Waals surface area contributed by atoms with E-state index in [2.05, 4.69) is 32.8 Å². The Hall–Kier alpha value is -1.78. The molecule has 0 aliphatic carbocycles. The summed E-state index contributed by atoms with van der Waals surface area (Å²) in [6.07, 6.45) is 5.61. The van der Waals surface area contributed by atoms with Crippen LogP contribution in [0.3, 0.4) is 0 Å². The molecule has 0 radical (unpaired) electrons. The number of pyridine rings is 2. The van der Waals surface area contributed by atoms with Gasteiger partial charge in [0.15, 0.2) is 0 Å². The Kier molecular flexibility index (Phi) is 3.04. The molecule has 0 fully saturated rings. The van der Waals surface area contributed by atoms with Gasteiger partial charge in [0.05, 0.1) is 16.3 Å². The number of rotatable bonds is 3. The van der Waals surface area contributed by atoms with E-state index < -0.39 is 0 Å². The SMILES string of the molecule is CNC(c1cccnc1)c1cnc2ccsc2c1. The number of nitrogens with one attached hydrogen (secondary N) is 1. The molecule has 90 valence electrons. The largest absolute Gasteiger partial charge is 0.309 e. The van der Waals surface area contributed by atoms with Gasteiger partial charge in [0.25, 0.3) is 0 Å². The highest BCUT2D eigenvalue weighted by atomic mass is 32.1. The van der Waals surface area contributed by atoms with Gasteiger partial charge < -0.3 is 5.32 Å². The van der Waals surface area contributed by atoms with Gasteiger partial charge in [-0.1, -0.05) is 6.07 Å². The Morgan fingerprint density at radius 2 is 2.17 bits per heavy atom. The lowest BCUT2D eigenvalue weighted by atomic mass is 10.0. The summed E-state index contributed by atoms with van der Waals surface area (Å²) in [5.74, 6) is 0. The first kappa shape index (κ1) is 11.3. The zero-order valence-electron chi connectivity index (χ0n) is 10.00. The molecule has 3 aromatic heterocycles. The Balaban J connectivity index is 2.05. The Labute approximate surface area is 110 Å². The van der Waals surface area contributed by atoms with Crippen LogP contribution in [0.5, 0.6) is 0 Å². The van der Waals surface area contributed by atoms with Gasteiger partial charge in [-0.05, 0) is 41.8 Å². The number of thiophene rings is 1. The molecule has 1 unspecified atom stereocenters. The maximum Gasteiger partial charge on any atom is 0.0809 e. The third-order valence-corrected chi connectivity index (χ3v) is 3.82. The van der Waals surface area contributed by atoms with E-state index in [0.29, 0.717) is 0 Å². The summed E-state index contributed by atoms with van der Waals surface area (Å²) in [7, 11) is 1.95. The summed E-state index contributed by atoms with van der Waals surface area (Å²) in [4.78, 5) is 8.66. The van der Waals surface area contributed by atoms with Gasteiger partial charge in [0.2, 0.25) is 0 Å². The summed E-state index contributed by atoms with van der Waals surface area (Å²) in [6, 6.07) is 8.41. The second kappa shape index (κ2) is 4.84. The molecule has 18 heavy (non-hydrogen) atoms. The van der Waals surface area contributed by atoms with E-state index in [-0.39, 0.29) is 6.04 Å². The lowest BCUT2D eigenvalue weighted by molar-refractivity contribution is 0.687. The predicted molar refractivity (Wildman–Crippen MR) is 74.8 cm³/mol. The topological polar surface area (TPSA) is 37.8 Å². The average molecular weight is 255 g/mol. The van der Waals surface area contributed by atoms with Crippen LogP contribution >= 0.6 is 11.3 Å². The van der Waals surface area contributed by atoms with Gasteiger partial charge in [0, 0.05) is 18.6 Å². The molecule has 3 rings (SSSR count). The lowest BCUT2D eigenvalue weighted by Gasteiger charge is -2.16. The highest BCUT2D eigenvalue weighted by Gasteiger charge is 2.13. The Morgan fingerprint density at radius 1 is 1.22 bits per heavy atom. The molecule has 3 heterocycles. The minimum atomic E-state index is 0.137. The third kappa shape index (κ3) is 2.00. The van der Waals surface area contributed by atoms with Crippen LogP contribution in [0, 0.1) is 0 Å². The van der Waals surface area contributed by atoms with Crippen LogP contribution in [-0.4, -0.2) is 17.0 Å². The van der Waals surface area contributed by atoms with Crippen LogP contribution in [0.15, 0.2) is 48.2 Å².